The highest BCUT2D eigenvalue weighted by Crippen LogP contribution is 2.27. The third-order valence-electron chi connectivity index (χ3n) is 4.45. The minimum absolute atomic E-state index is 0.448. The molecule has 6 heteroatoms. The van der Waals surface area contributed by atoms with Gasteiger partial charge in [-0.05, 0) is 43.5 Å². The molecular weight excluding hydrogens is 332 g/mol. The smallest absolute Gasteiger partial charge is 0.331 e. The van der Waals surface area contributed by atoms with Gasteiger partial charge in [0.25, 0.3) is 5.91 Å². The van der Waals surface area contributed by atoms with Crippen LogP contribution in [0.2, 0.25) is 0 Å². The van der Waals surface area contributed by atoms with Crippen LogP contribution in [0.3, 0.4) is 0 Å². The fourth-order valence-corrected chi connectivity index (χ4v) is 2.93. The van der Waals surface area contributed by atoms with Gasteiger partial charge in [-0.15, -0.1) is 0 Å². The van der Waals surface area contributed by atoms with Gasteiger partial charge in [0.2, 0.25) is 0 Å². The van der Waals surface area contributed by atoms with E-state index in [1.165, 1.54) is 13.0 Å². The number of benzene rings is 1. The summed E-state index contributed by atoms with van der Waals surface area (Å²) in [7, 11) is 1.57. The molecule has 0 heterocycles. The van der Waals surface area contributed by atoms with Gasteiger partial charge in [0.05, 0.1) is 13.2 Å². The van der Waals surface area contributed by atoms with E-state index in [0.29, 0.717) is 18.6 Å². The molecule has 0 bridgehead atoms. The topological polar surface area (TPSA) is 88.4 Å². The summed E-state index contributed by atoms with van der Waals surface area (Å²) in [5.74, 6) is -0.385. The Kier molecular flexibility index (Phi) is 6.79. The lowest BCUT2D eigenvalue weighted by molar-refractivity contribution is -0.150. The number of methoxy groups -OCH3 is 1. The molecule has 6 nitrogen and oxygen atoms in total. The van der Waals surface area contributed by atoms with E-state index in [-0.39, 0.29) is 0 Å². The minimum Gasteiger partial charge on any atom is -0.497 e. The van der Waals surface area contributed by atoms with E-state index in [9.17, 15) is 14.9 Å². The quantitative estimate of drug-likeness (QED) is 0.625. The molecule has 0 spiro atoms. The summed E-state index contributed by atoms with van der Waals surface area (Å²) < 4.78 is 10.3. The molecule has 2 rings (SSSR count). The molecule has 1 aliphatic carbocycles. The molecule has 26 heavy (non-hydrogen) atoms. The minimum atomic E-state index is -0.968. The molecule has 1 aromatic carbocycles. The van der Waals surface area contributed by atoms with Gasteiger partial charge < -0.3 is 14.8 Å². The summed E-state index contributed by atoms with van der Waals surface area (Å²) in [6.07, 6.45) is 6.03. The number of carbonyl (C=O) groups is 2. The Hall–Kier alpha value is -2.81. The fraction of sp³-hybridized carbons (Fsp3) is 0.450. The number of carbonyl (C=O) groups excluding carboxylic acids is 2. The number of rotatable bonds is 6. The highest BCUT2D eigenvalue weighted by Gasteiger charge is 2.35. The van der Waals surface area contributed by atoms with E-state index in [1.54, 1.807) is 25.3 Å². The molecule has 1 aromatic rings. The summed E-state index contributed by atoms with van der Waals surface area (Å²) in [4.78, 5) is 24.2. The van der Waals surface area contributed by atoms with Crippen molar-refractivity contribution in [2.45, 2.75) is 50.7 Å². The number of ether oxygens (including phenoxy) is 2. The van der Waals surface area contributed by atoms with Crippen molar-refractivity contribution in [2.75, 3.05) is 7.11 Å². The van der Waals surface area contributed by atoms with Crippen LogP contribution in [0.5, 0.6) is 5.75 Å². The second kappa shape index (κ2) is 9.04. The maximum absolute atomic E-state index is 12.3. The van der Waals surface area contributed by atoms with Gasteiger partial charge in [-0.2, -0.15) is 5.26 Å². The summed E-state index contributed by atoms with van der Waals surface area (Å²) in [6, 6.07) is 9.43. The first-order chi connectivity index (χ1) is 12.5. The lowest BCUT2D eigenvalue weighted by Gasteiger charge is -2.32. The van der Waals surface area contributed by atoms with Crippen LogP contribution in [0, 0.1) is 11.3 Å². The first kappa shape index (κ1) is 19.5. The standard InChI is InChI=1S/C20H24N2O4/c1-15(19(24)22-20(14-21)11-4-3-5-12-20)26-18(23)10-9-16-7-6-8-17(13-16)25-2/h6-10,13,15H,3-5,11-12H2,1-2H3,(H,22,24)/b10-9+/t15-/m1/s1. The van der Waals surface area contributed by atoms with E-state index in [1.807, 2.05) is 12.1 Å². The Bertz CT molecular complexity index is 715. The van der Waals surface area contributed by atoms with Gasteiger partial charge in [-0.25, -0.2) is 4.79 Å². The second-order valence-electron chi connectivity index (χ2n) is 6.43. The van der Waals surface area contributed by atoms with E-state index >= 15 is 0 Å². The second-order valence-corrected chi connectivity index (χ2v) is 6.43. The third kappa shape index (κ3) is 5.35. The van der Waals surface area contributed by atoms with Crippen LogP contribution in [-0.2, 0) is 14.3 Å². The number of nitrogens with zero attached hydrogens (tertiary/aromatic N) is 1. The fourth-order valence-electron chi connectivity index (χ4n) is 2.93. The molecule has 0 aromatic heterocycles. The van der Waals surface area contributed by atoms with Gasteiger partial charge >= 0.3 is 5.97 Å². The van der Waals surface area contributed by atoms with Crippen molar-refractivity contribution in [3.05, 3.63) is 35.9 Å². The third-order valence-corrected chi connectivity index (χ3v) is 4.45. The molecule has 1 atom stereocenters. The maximum atomic E-state index is 12.3. The zero-order chi connectivity index (χ0) is 19.0. The number of nitrogens with one attached hydrogen (secondary N) is 1. The van der Waals surface area contributed by atoms with E-state index in [2.05, 4.69) is 11.4 Å². The van der Waals surface area contributed by atoms with Crippen molar-refractivity contribution in [2.24, 2.45) is 0 Å². The Morgan fingerprint density at radius 2 is 2.04 bits per heavy atom. The Labute approximate surface area is 153 Å². The lowest BCUT2D eigenvalue weighted by Crippen LogP contribution is -2.52. The highest BCUT2D eigenvalue weighted by atomic mass is 16.5. The Balaban J connectivity index is 1.90. The van der Waals surface area contributed by atoms with E-state index in [4.69, 9.17) is 9.47 Å². The van der Waals surface area contributed by atoms with Crippen molar-refractivity contribution in [3.63, 3.8) is 0 Å². The van der Waals surface area contributed by atoms with E-state index in [0.717, 1.165) is 24.8 Å². The van der Waals surface area contributed by atoms with Crippen LogP contribution in [-0.4, -0.2) is 30.6 Å². The largest absolute Gasteiger partial charge is 0.497 e. The number of hydrogen-bond donors (Lipinski definition) is 1. The first-order valence-electron chi connectivity index (χ1n) is 8.74. The van der Waals surface area contributed by atoms with Crippen molar-refractivity contribution >= 4 is 18.0 Å². The number of amides is 1. The molecule has 0 aliphatic heterocycles. The molecule has 0 saturated heterocycles. The Morgan fingerprint density at radius 1 is 1.31 bits per heavy atom. The van der Waals surface area contributed by atoms with Crippen molar-refractivity contribution in [3.8, 4) is 11.8 Å². The van der Waals surface area contributed by atoms with Gasteiger partial charge in [-0.1, -0.05) is 31.4 Å². The molecule has 138 valence electrons. The van der Waals surface area contributed by atoms with Gasteiger partial charge in [0.15, 0.2) is 6.10 Å². The molecule has 1 saturated carbocycles. The molecule has 1 N–H and O–H groups in total. The maximum Gasteiger partial charge on any atom is 0.331 e. The number of hydrogen-bond acceptors (Lipinski definition) is 5. The predicted octanol–water partition coefficient (Wildman–Crippen LogP) is 2.98. The Morgan fingerprint density at radius 3 is 2.69 bits per heavy atom. The molecule has 1 fully saturated rings. The summed E-state index contributed by atoms with van der Waals surface area (Å²) >= 11 is 0. The monoisotopic (exact) mass is 356 g/mol. The van der Waals surface area contributed by atoms with Crippen LogP contribution in [0.1, 0.15) is 44.6 Å². The SMILES string of the molecule is COc1cccc(/C=C/C(=O)O[C@H](C)C(=O)NC2(C#N)CCCCC2)c1. The van der Waals surface area contributed by atoms with Crippen LogP contribution < -0.4 is 10.1 Å². The summed E-state index contributed by atoms with van der Waals surface area (Å²) in [5, 5.41) is 12.2. The summed E-state index contributed by atoms with van der Waals surface area (Å²) in [6.45, 7) is 1.50. The predicted molar refractivity (Wildman–Crippen MR) is 97.2 cm³/mol. The lowest BCUT2D eigenvalue weighted by atomic mass is 9.83. The normalized spacial score (nSPS) is 17.1. The van der Waals surface area contributed by atoms with Crippen molar-refractivity contribution in [1.29, 1.82) is 5.26 Å². The van der Waals surface area contributed by atoms with Gasteiger partial charge in [0.1, 0.15) is 11.3 Å². The first-order valence-corrected chi connectivity index (χ1v) is 8.74. The van der Waals surface area contributed by atoms with Gasteiger partial charge in [-0.3, -0.25) is 4.79 Å². The highest BCUT2D eigenvalue weighted by molar-refractivity contribution is 5.90. The molecule has 0 unspecified atom stereocenters. The van der Waals surface area contributed by atoms with Crippen LogP contribution in [0.25, 0.3) is 6.08 Å². The number of esters is 1. The zero-order valence-electron chi connectivity index (χ0n) is 15.2. The average molecular weight is 356 g/mol. The van der Waals surface area contributed by atoms with Gasteiger partial charge in [0, 0.05) is 6.08 Å². The van der Waals surface area contributed by atoms with Crippen LogP contribution in [0.4, 0.5) is 0 Å². The molecule has 1 aliphatic rings. The van der Waals surface area contributed by atoms with Crippen molar-refractivity contribution in [1.82, 2.24) is 5.32 Å². The van der Waals surface area contributed by atoms with E-state index < -0.39 is 23.5 Å². The molecule has 1 amide bonds. The van der Waals surface area contributed by atoms with Crippen molar-refractivity contribution < 1.29 is 19.1 Å². The average Bonchev–Trinajstić information content (AvgIpc) is 2.67. The summed E-state index contributed by atoms with van der Waals surface area (Å²) in [5.41, 5.74) is -0.0593. The van der Waals surface area contributed by atoms with Crippen LogP contribution in [0.15, 0.2) is 30.3 Å². The molecular formula is C20H24N2O4. The zero-order valence-corrected chi connectivity index (χ0v) is 15.2. The number of nitriles is 1. The van der Waals surface area contributed by atoms with Crippen LogP contribution >= 0.6 is 0 Å². The molecule has 0 radical (unpaired) electrons.